The van der Waals surface area contributed by atoms with Crippen molar-refractivity contribution in [1.82, 2.24) is 10.3 Å². The molecule has 0 saturated heterocycles. The van der Waals surface area contributed by atoms with Crippen molar-refractivity contribution in [2.75, 3.05) is 12.4 Å². The number of amides is 2. The molecular formula is C20H26F5N3O3S. The maximum atomic E-state index is 12.9. The van der Waals surface area contributed by atoms with Crippen LogP contribution in [0.25, 0.3) is 0 Å². The molecule has 6 nitrogen and oxygen atoms in total. The second kappa shape index (κ2) is 9.49. The van der Waals surface area contributed by atoms with E-state index in [2.05, 4.69) is 15.6 Å². The average molecular weight is 484 g/mol. The standard InChI is InChI=1S/C14H19F5N2O2S.C6H7NO/c1-23-13-8-7-11(24(15,16,17,18)19)9-12(13)21-14(22)20-10-5-3-2-4-6-10;8-5-6-1-3-7-4-2-6/h7-10H,2-6H2,1H3,(H2,20,21,22);1-4,8H,5H2. The minimum atomic E-state index is -9.83. The number of benzene rings is 1. The summed E-state index contributed by atoms with van der Waals surface area (Å²) >= 11 is 0. The fourth-order valence-electron chi connectivity index (χ4n) is 3.10. The molecule has 3 N–H and O–H groups in total. The van der Waals surface area contributed by atoms with Gasteiger partial charge in [0.15, 0.2) is 0 Å². The van der Waals surface area contributed by atoms with Crippen molar-refractivity contribution in [3.05, 3.63) is 48.3 Å². The van der Waals surface area contributed by atoms with Gasteiger partial charge in [-0.05, 0) is 48.7 Å². The number of methoxy groups -OCH3 is 1. The molecule has 1 heterocycles. The van der Waals surface area contributed by atoms with Crippen LogP contribution in [0.2, 0.25) is 0 Å². The van der Waals surface area contributed by atoms with Crippen LogP contribution in [0.3, 0.4) is 0 Å². The summed E-state index contributed by atoms with van der Waals surface area (Å²) < 4.78 is 69.3. The Morgan fingerprint density at radius 3 is 2.22 bits per heavy atom. The lowest BCUT2D eigenvalue weighted by Crippen LogP contribution is -2.39. The van der Waals surface area contributed by atoms with Gasteiger partial charge in [-0.2, -0.15) is 0 Å². The Labute approximate surface area is 182 Å². The molecule has 12 heteroatoms. The van der Waals surface area contributed by atoms with Gasteiger partial charge in [0, 0.05) is 18.4 Å². The summed E-state index contributed by atoms with van der Waals surface area (Å²) in [4.78, 5) is 13.6. The third-order valence-corrected chi connectivity index (χ3v) is 5.88. The van der Waals surface area contributed by atoms with Gasteiger partial charge >= 0.3 is 16.3 Å². The van der Waals surface area contributed by atoms with E-state index < -0.39 is 26.8 Å². The van der Waals surface area contributed by atoms with Crippen molar-refractivity contribution in [1.29, 1.82) is 0 Å². The lowest BCUT2D eigenvalue weighted by atomic mass is 9.96. The van der Waals surface area contributed by atoms with Gasteiger partial charge in [0.1, 0.15) is 10.6 Å². The summed E-state index contributed by atoms with van der Waals surface area (Å²) in [6.45, 7) is 0.0997. The third-order valence-electron chi connectivity index (χ3n) is 4.74. The molecule has 0 bridgehead atoms. The Balaban J connectivity index is 0.000000380. The summed E-state index contributed by atoms with van der Waals surface area (Å²) in [5, 5.41) is 13.3. The summed E-state index contributed by atoms with van der Waals surface area (Å²) in [7, 11) is -8.67. The zero-order valence-electron chi connectivity index (χ0n) is 17.4. The highest BCUT2D eigenvalue weighted by Crippen LogP contribution is 3.02. The monoisotopic (exact) mass is 483 g/mol. The molecule has 3 rings (SSSR count). The van der Waals surface area contributed by atoms with E-state index in [0.717, 1.165) is 43.7 Å². The number of halogens is 5. The number of aromatic nitrogens is 1. The van der Waals surface area contributed by atoms with Crippen LogP contribution in [0.1, 0.15) is 37.7 Å². The topological polar surface area (TPSA) is 83.5 Å². The van der Waals surface area contributed by atoms with E-state index in [1.807, 2.05) is 0 Å². The number of anilines is 1. The molecule has 0 unspecified atom stereocenters. The highest BCUT2D eigenvalue weighted by atomic mass is 32.5. The molecule has 1 aromatic heterocycles. The SMILES string of the molecule is COc1ccc(S(F)(F)(F)(F)F)cc1NC(=O)NC1CCCCC1.OCc1ccncc1. The number of nitrogens with zero attached hydrogens (tertiary/aromatic N) is 1. The fraction of sp³-hybridized carbons (Fsp3) is 0.400. The molecule has 1 aliphatic carbocycles. The largest absolute Gasteiger partial charge is 0.495 e. The van der Waals surface area contributed by atoms with Gasteiger partial charge in [-0.15, -0.1) is 0 Å². The smallest absolute Gasteiger partial charge is 0.319 e. The number of rotatable bonds is 5. The molecule has 32 heavy (non-hydrogen) atoms. The lowest BCUT2D eigenvalue weighted by molar-refractivity contribution is 0.244. The normalized spacial score (nSPS) is 16.6. The van der Waals surface area contributed by atoms with Gasteiger partial charge in [-0.3, -0.25) is 4.98 Å². The highest BCUT2D eigenvalue weighted by Gasteiger charge is 2.65. The van der Waals surface area contributed by atoms with E-state index in [0.29, 0.717) is 0 Å². The molecule has 1 aromatic carbocycles. The van der Waals surface area contributed by atoms with Crippen molar-refractivity contribution in [2.45, 2.75) is 49.6 Å². The quantitative estimate of drug-likeness (QED) is 0.431. The molecule has 0 atom stereocenters. The van der Waals surface area contributed by atoms with Crippen LogP contribution in [-0.4, -0.2) is 29.3 Å². The second-order valence-electron chi connectivity index (χ2n) is 7.28. The van der Waals surface area contributed by atoms with E-state index in [4.69, 9.17) is 9.84 Å². The van der Waals surface area contributed by atoms with E-state index in [9.17, 15) is 24.2 Å². The van der Waals surface area contributed by atoms with Crippen LogP contribution in [-0.2, 0) is 6.61 Å². The van der Waals surface area contributed by atoms with E-state index in [-0.39, 0.29) is 30.5 Å². The van der Waals surface area contributed by atoms with Crippen molar-refractivity contribution >= 4 is 21.9 Å². The van der Waals surface area contributed by atoms with Crippen LogP contribution in [0, 0.1) is 0 Å². The molecule has 2 aromatic rings. The van der Waals surface area contributed by atoms with E-state index in [1.54, 1.807) is 24.5 Å². The van der Waals surface area contributed by atoms with Crippen molar-refractivity contribution < 1.29 is 34.1 Å². The van der Waals surface area contributed by atoms with Crippen molar-refractivity contribution in [3.8, 4) is 5.75 Å². The molecular weight excluding hydrogens is 457 g/mol. The number of carbonyl (C=O) groups excluding carboxylic acids is 1. The third kappa shape index (κ3) is 8.15. The first-order chi connectivity index (χ1) is 14.8. The van der Waals surface area contributed by atoms with Crippen LogP contribution < -0.4 is 15.4 Å². The van der Waals surface area contributed by atoms with Gasteiger partial charge in [0.05, 0.1) is 19.4 Å². The second-order valence-corrected chi connectivity index (χ2v) is 9.69. The van der Waals surface area contributed by atoms with Crippen LogP contribution >= 0.6 is 10.2 Å². The number of pyridine rings is 1. The van der Waals surface area contributed by atoms with Gasteiger partial charge < -0.3 is 20.5 Å². The number of aliphatic hydroxyl groups excluding tert-OH is 1. The number of carbonyl (C=O) groups is 1. The van der Waals surface area contributed by atoms with Gasteiger partial charge in [0.25, 0.3) is 0 Å². The summed E-state index contributed by atoms with van der Waals surface area (Å²) in [5.41, 5.74) is 0.441. The molecule has 1 fully saturated rings. The summed E-state index contributed by atoms with van der Waals surface area (Å²) in [6, 6.07) is 3.91. The van der Waals surface area contributed by atoms with Crippen molar-refractivity contribution in [2.24, 2.45) is 0 Å². The van der Waals surface area contributed by atoms with Crippen LogP contribution in [0.4, 0.5) is 29.9 Å². The van der Waals surface area contributed by atoms with Crippen LogP contribution in [0.5, 0.6) is 5.75 Å². The highest BCUT2D eigenvalue weighted by molar-refractivity contribution is 8.45. The predicted octanol–water partition coefficient (Wildman–Crippen LogP) is 6.38. The molecule has 0 aliphatic heterocycles. The molecule has 2 amide bonds. The summed E-state index contributed by atoms with van der Waals surface area (Å²) in [6.07, 6.45) is 7.84. The Morgan fingerprint density at radius 2 is 1.72 bits per heavy atom. The molecule has 1 aliphatic rings. The number of aliphatic hydroxyl groups is 1. The predicted molar refractivity (Wildman–Crippen MR) is 114 cm³/mol. The first kappa shape index (κ1) is 25.7. The van der Waals surface area contributed by atoms with Crippen LogP contribution in [0.15, 0.2) is 47.6 Å². The zero-order valence-corrected chi connectivity index (χ0v) is 18.2. The maximum Gasteiger partial charge on any atom is 0.319 e. The first-order valence-corrected chi connectivity index (χ1v) is 11.8. The number of hydrogen-bond donors (Lipinski definition) is 3. The van der Waals surface area contributed by atoms with Gasteiger partial charge in [0.2, 0.25) is 0 Å². The Hall–Kier alpha value is -2.60. The molecule has 0 spiro atoms. The fourth-order valence-corrected chi connectivity index (χ4v) is 3.77. The Kier molecular flexibility index (Phi) is 7.61. The first-order valence-electron chi connectivity index (χ1n) is 9.82. The van der Waals surface area contributed by atoms with E-state index >= 15 is 0 Å². The summed E-state index contributed by atoms with van der Waals surface area (Å²) in [5.74, 6) is -0.139. The Bertz CT molecular complexity index is 909. The van der Waals surface area contributed by atoms with Gasteiger partial charge in [-0.25, -0.2) is 4.79 Å². The zero-order chi connectivity index (χ0) is 23.9. The van der Waals surface area contributed by atoms with Crippen molar-refractivity contribution in [3.63, 3.8) is 0 Å². The number of urea groups is 1. The lowest BCUT2D eigenvalue weighted by Gasteiger charge is -2.40. The average Bonchev–Trinajstić information content (AvgIpc) is 2.74. The van der Waals surface area contributed by atoms with Gasteiger partial charge in [-0.1, -0.05) is 38.7 Å². The maximum absolute atomic E-state index is 12.9. The Morgan fingerprint density at radius 1 is 1.09 bits per heavy atom. The number of hydrogen-bond acceptors (Lipinski definition) is 4. The molecule has 1 saturated carbocycles. The molecule has 0 radical (unpaired) electrons. The van der Waals surface area contributed by atoms with E-state index in [1.165, 1.54) is 7.11 Å². The number of nitrogens with one attached hydrogen (secondary N) is 2. The minimum Gasteiger partial charge on any atom is -0.495 e. The minimum absolute atomic E-state index is 0.0800. The number of ether oxygens (including phenoxy) is 1. The molecule has 180 valence electrons.